The summed E-state index contributed by atoms with van der Waals surface area (Å²) in [6.45, 7) is 3.66. The molecule has 0 fully saturated rings. The molecule has 0 amide bonds. The van der Waals surface area contributed by atoms with Crippen molar-refractivity contribution >= 4 is 10.1 Å². The van der Waals surface area contributed by atoms with Crippen LogP contribution in [0.1, 0.15) is 29.8 Å². The van der Waals surface area contributed by atoms with E-state index in [0.29, 0.717) is 17.1 Å². The monoisotopic (exact) mass is 425 g/mol. The average Bonchev–Trinajstić information content (AvgIpc) is 2.60. The molecule has 0 atom stereocenters. The van der Waals surface area contributed by atoms with Crippen LogP contribution >= 0.6 is 0 Å². The van der Waals surface area contributed by atoms with E-state index in [1.807, 2.05) is 38.1 Å². The Labute approximate surface area is 146 Å². The minimum atomic E-state index is -1.18. The van der Waals surface area contributed by atoms with E-state index in [4.69, 9.17) is 7.80 Å². The third kappa shape index (κ3) is 4.31. The first-order chi connectivity index (χ1) is 11.0. The molecule has 0 heterocycles. The Hall–Kier alpha value is -1.89. The predicted molar refractivity (Wildman–Crippen MR) is 83.5 cm³/mol. The van der Waals surface area contributed by atoms with Crippen LogP contribution in [0.5, 0.6) is 11.5 Å². The Morgan fingerprint density at radius 2 is 1.78 bits per heavy atom. The molecule has 122 valence electrons. The fraction of sp³-hybridized carbons (Fsp3) is 0.222. The van der Waals surface area contributed by atoms with Crippen molar-refractivity contribution in [2.75, 3.05) is 7.11 Å². The van der Waals surface area contributed by atoms with Gasteiger partial charge in [0.15, 0.2) is 0 Å². The Bertz CT molecular complexity index is 695. The van der Waals surface area contributed by atoms with Crippen molar-refractivity contribution in [3.63, 3.8) is 0 Å². The van der Waals surface area contributed by atoms with Gasteiger partial charge in [-0.05, 0) is 0 Å². The SMILES string of the molecule is COc1ccc(C(C)(C)C=O)cc1O[I-]C(=O)c1ccccc1. The molecule has 0 radical (unpaired) electrons. The summed E-state index contributed by atoms with van der Waals surface area (Å²) in [7, 11) is 1.55. The standard InChI is InChI=1S/C18H18IO4/c1-18(2,12-20)14-9-10-15(22-3)16(11-14)23-19-17(21)13-7-5-4-6-8-13/h4-12H,1-3H3/q-1. The molecule has 0 aliphatic carbocycles. The zero-order valence-electron chi connectivity index (χ0n) is 13.2. The van der Waals surface area contributed by atoms with Gasteiger partial charge in [-0.3, -0.25) is 0 Å². The first-order valence-corrected chi connectivity index (χ1v) is 9.00. The normalized spacial score (nSPS) is 11.1. The van der Waals surface area contributed by atoms with Gasteiger partial charge >= 0.3 is 147 Å². The van der Waals surface area contributed by atoms with E-state index in [9.17, 15) is 9.59 Å². The molecule has 5 heteroatoms. The van der Waals surface area contributed by atoms with Crippen molar-refractivity contribution in [2.45, 2.75) is 19.3 Å². The summed E-state index contributed by atoms with van der Waals surface area (Å²) in [5.74, 6) is 1.05. The molecule has 2 aromatic carbocycles. The quantitative estimate of drug-likeness (QED) is 0.366. The summed E-state index contributed by atoms with van der Waals surface area (Å²) < 4.78 is 11.0. The second-order valence-corrected chi connectivity index (χ2v) is 7.36. The molecule has 0 N–H and O–H groups in total. The average molecular weight is 425 g/mol. The number of halogens is 1. The van der Waals surface area contributed by atoms with Crippen LogP contribution < -0.4 is 29.4 Å². The van der Waals surface area contributed by atoms with Crippen molar-refractivity contribution in [1.29, 1.82) is 0 Å². The first-order valence-electron chi connectivity index (χ1n) is 7.04. The van der Waals surface area contributed by atoms with Gasteiger partial charge in [-0.15, -0.1) is 0 Å². The van der Waals surface area contributed by atoms with Crippen LogP contribution in [-0.2, 0) is 10.2 Å². The Kier molecular flexibility index (Phi) is 5.76. The van der Waals surface area contributed by atoms with Gasteiger partial charge in [-0.25, -0.2) is 0 Å². The number of ether oxygens (including phenoxy) is 1. The Morgan fingerprint density at radius 1 is 1.09 bits per heavy atom. The van der Waals surface area contributed by atoms with E-state index in [1.54, 1.807) is 31.4 Å². The minimum absolute atomic E-state index is 0.00787. The van der Waals surface area contributed by atoms with E-state index in [-0.39, 0.29) is 3.79 Å². The van der Waals surface area contributed by atoms with Crippen molar-refractivity contribution in [3.8, 4) is 11.5 Å². The molecule has 2 aromatic rings. The molecule has 2 rings (SSSR count). The molecule has 0 saturated heterocycles. The van der Waals surface area contributed by atoms with Gasteiger partial charge in [0.25, 0.3) is 0 Å². The first kappa shape index (κ1) is 17.5. The van der Waals surface area contributed by atoms with Gasteiger partial charge in [0.1, 0.15) is 0 Å². The zero-order valence-corrected chi connectivity index (χ0v) is 15.4. The molecule has 0 aliphatic heterocycles. The number of aldehydes is 1. The molecule has 0 unspecified atom stereocenters. The van der Waals surface area contributed by atoms with Gasteiger partial charge < -0.3 is 0 Å². The van der Waals surface area contributed by atoms with Crippen LogP contribution in [0.15, 0.2) is 48.5 Å². The van der Waals surface area contributed by atoms with Crippen LogP contribution in [0.25, 0.3) is 0 Å². The molecule has 0 aliphatic rings. The predicted octanol–water partition coefficient (Wildman–Crippen LogP) is 0.395. The number of hydrogen-bond acceptors (Lipinski definition) is 4. The number of rotatable bonds is 7. The van der Waals surface area contributed by atoms with Gasteiger partial charge in [-0.1, -0.05) is 0 Å². The number of carbonyl (C=O) groups excluding carboxylic acids is 2. The van der Waals surface area contributed by atoms with Crippen LogP contribution in [0.2, 0.25) is 0 Å². The molecule has 4 nitrogen and oxygen atoms in total. The summed E-state index contributed by atoms with van der Waals surface area (Å²) in [4.78, 5) is 23.4. The summed E-state index contributed by atoms with van der Waals surface area (Å²) in [5.41, 5.74) is 0.842. The van der Waals surface area contributed by atoms with E-state index in [1.165, 1.54) is 0 Å². The van der Waals surface area contributed by atoms with Crippen LogP contribution in [0.4, 0.5) is 0 Å². The van der Waals surface area contributed by atoms with Crippen molar-refractivity contribution in [1.82, 2.24) is 0 Å². The van der Waals surface area contributed by atoms with E-state index in [0.717, 1.165) is 11.8 Å². The fourth-order valence-electron chi connectivity index (χ4n) is 1.90. The van der Waals surface area contributed by atoms with Crippen molar-refractivity contribution in [2.24, 2.45) is 0 Å². The van der Waals surface area contributed by atoms with Crippen LogP contribution in [0.3, 0.4) is 0 Å². The van der Waals surface area contributed by atoms with E-state index >= 15 is 0 Å². The molecule has 0 aromatic heterocycles. The Balaban J connectivity index is 2.19. The molecule has 0 spiro atoms. The maximum atomic E-state index is 12.2. The molecule has 23 heavy (non-hydrogen) atoms. The number of carbonyl (C=O) groups is 2. The van der Waals surface area contributed by atoms with Gasteiger partial charge in [0, 0.05) is 0 Å². The van der Waals surface area contributed by atoms with Crippen LogP contribution in [-0.4, -0.2) is 17.2 Å². The second-order valence-electron chi connectivity index (χ2n) is 5.50. The number of methoxy groups -OCH3 is 1. The number of benzene rings is 2. The summed E-state index contributed by atoms with van der Waals surface area (Å²) in [6.07, 6.45) is 0.892. The molecule has 0 saturated carbocycles. The van der Waals surface area contributed by atoms with Crippen molar-refractivity contribution < 1.29 is 39.0 Å². The van der Waals surface area contributed by atoms with E-state index in [2.05, 4.69) is 0 Å². The molecular formula is C18H18IO4-. The summed E-state index contributed by atoms with van der Waals surface area (Å²) in [6, 6.07) is 14.4. The van der Waals surface area contributed by atoms with Gasteiger partial charge in [0.05, 0.1) is 0 Å². The summed E-state index contributed by atoms with van der Waals surface area (Å²) in [5, 5.41) is 0. The van der Waals surface area contributed by atoms with Crippen LogP contribution in [0, 0.1) is 0 Å². The third-order valence-corrected chi connectivity index (χ3v) is 5.11. The topological polar surface area (TPSA) is 52.6 Å². The molecular weight excluding hydrogens is 407 g/mol. The summed E-state index contributed by atoms with van der Waals surface area (Å²) >= 11 is -1.18. The second kappa shape index (κ2) is 7.59. The maximum absolute atomic E-state index is 12.2. The number of hydrogen-bond donors (Lipinski definition) is 0. The van der Waals surface area contributed by atoms with Gasteiger partial charge in [-0.2, -0.15) is 0 Å². The molecule has 0 bridgehead atoms. The third-order valence-electron chi connectivity index (χ3n) is 3.39. The fourth-order valence-corrected chi connectivity index (χ4v) is 3.29. The van der Waals surface area contributed by atoms with E-state index < -0.39 is 27.0 Å². The zero-order chi connectivity index (χ0) is 16.9. The van der Waals surface area contributed by atoms with Crippen molar-refractivity contribution in [3.05, 3.63) is 59.7 Å². The van der Waals surface area contributed by atoms with Gasteiger partial charge in [0.2, 0.25) is 0 Å². The Morgan fingerprint density at radius 3 is 2.39 bits per heavy atom.